The third-order valence-corrected chi connectivity index (χ3v) is 2.51. The molecule has 0 radical (unpaired) electrons. The van der Waals surface area contributed by atoms with Gasteiger partial charge in [0.05, 0.1) is 18.4 Å². The van der Waals surface area contributed by atoms with E-state index < -0.39 is 0 Å². The van der Waals surface area contributed by atoms with E-state index in [-0.39, 0.29) is 5.91 Å². The van der Waals surface area contributed by atoms with Crippen LogP contribution in [0.5, 0.6) is 0 Å². The minimum absolute atomic E-state index is 0.164. The van der Waals surface area contributed by atoms with Crippen molar-refractivity contribution in [2.24, 2.45) is 5.41 Å². The molecule has 2 aliphatic heterocycles. The SMILES string of the molecule is CC1(C)CN(C(=O)C2=COCC2)C1. The second kappa shape index (κ2) is 2.76. The number of likely N-dealkylation sites (tertiary alicyclic amines) is 1. The molecule has 1 fully saturated rings. The van der Waals surface area contributed by atoms with Crippen molar-refractivity contribution >= 4 is 5.91 Å². The number of rotatable bonds is 1. The lowest BCUT2D eigenvalue weighted by molar-refractivity contribution is -0.137. The third kappa shape index (κ3) is 1.55. The number of carbonyl (C=O) groups is 1. The van der Waals surface area contributed by atoms with Crippen molar-refractivity contribution in [1.29, 1.82) is 0 Å². The highest BCUT2D eigenvalue weighted by Crippen LogP contribution is 2.30. The molecule has 0 aromatic carbocycles. The van der Waals surface area contributed by atoms with E-state index in [1.807, 2.05) is 4.90 Å². The highest BCUT2D eigenvalue weighted by atomic mass is 16.5. The molecule has 0 atom stereocenters. The Balaban J connectivity index is 1.93. The summed E-state index contributed by atoms with van der Waals surface area (Å²) in [6.45, 7) is 6.78. The van der Waals surface area contributed by atoms with E-state index in [1.165, 1.54) is 0 Å². The largest absolute Gasteiger partial charge is 0.500 e. The Hall–Kier alpha value is -0.990. The van der Waals surface area contributed by atoms with Crippen LogP contribution in [0.2, 0.25) is 0 Å². The Morgan fingerprint density at radius 3 is 2.69 bits per heavy atom. The fourth-order valence-electron chi connectivity index (χ4n) is 1.88. The van der Waals surface area contributed by atoms with Crippen LogP contribution < -0.4 is 0 Å². The summed E-state index contributed by atoms with van der Waals surface area (Å²) < 4.78 is 5.04. The first kappa shape index (κ1) is 8.60. The lowest BCUT2D eigenvalue weighted by atomic mass is 9.84. The van der Waals surface area contributed by atoms with Crippen molar-refractivity contribution in [3.8, 4) is 0 Å². The van der Waals surface area contributed by atoms with E-state index in [9.17, 15) is 4.79 Å². The molecule has 1 saturated heterocycles. The van der Waals surface area contributed by atoms with Crippen LogP contribution in [0, 0.1) is 5.41 Å². The van der Waals surface area contributed by atoms with Gasteiger partial charge >= 0.3 is 0 Å². The second-order valence-corrected chi connectivity index (χ2v) is 4.59. The molecule has 72 valence electrons. The standard InChI is InChI=1S/C10H15NO2/c1-10(2)6-11(7-10)9(12)8-3-4-13-5-8/h5H,3-4,6-7H2,1-2H3. The van der Waals surface area contributed by atoms with Gasteiger partial charge in [0.25, 0.3) is 5.91 Å². The summed E-state index contributed by atoms with van der Waals surface area (Å²) in [6, 6.07) is 0. The van der Waals surface area contributed by atoms with Crippen LogP contribution in [0.1, 0.15) is 20.3 Å². The Morgan fingerprint density at radius 1 is 1.54 bits per heavy atom. The molecule has 13 heavy (non-hydrogen) atoms. The Labute approximate surface area is 78.4 Å². The molecule has 3 nitrogen and oxygen atoms in total. The van der Waals surface area contributed by atoms with Crippen LogP contribution in [0.3, 0.4) is 0 Å². The number of ether oxygens (including phenoxy) is 1. The minimum atomic E-state index is 0.164. The number of carbonyl (C=O) groups excluding carboxylic acids is 1. The molecular formula is C10H15NO2. The van der Waals surface area contributed by atoms with E-state index >= 15 is 0 Å². The Kier molecular flexibility index (Phi) is 1.82. The fourth-order valence-corrected chi connectivity index (χ4v) is 1.88. The molecule has 0 N–H and O–H groups in total. The zero-order chi connectivity index (χ0) is 9.47. The lowest BCUT2D eigenvalue weighted by Gasteiger charge is -2.45. The van der Waals surface area contributed by atoms with Gasteiger partial charge < -0.3 is 9.64 Å². The maximum absolute atomic E-state index is 11.7. The Bertz CT molecular complexity index is 260. The van der Waals surface area contributed by atoms with Gasteiger partial charge in [0.15, 0.2) is 0 Å². The maximum atomic E-state index is 11.7. The number of hydrogen-bond donors (Lipinski definition) is 0. The molecule has 0 bridgehead atoms. The van der Waals surface area contributed by atoms with Gasteiger partial charge in [-0.1, -0.05) is 13.8 Å². The molecule has 2 aliphatic rings. The van der Waals surface area contributed by atoms with E-state index in [1.54, 1.807) is 6.26 Å². The summed E-state index contributed by atoms with van der Waals surface area (Å²) >= 11 is 0. The van der Waals surface area contributed by atoms with Gasteiger partial charge in [-0.25, -0.2) is 0 Å². The van der Waals surface area contributed by atoms with E-state index in [2.05, 4.69) is 13.8 Å². The van der Waals surface area contributed by atoms with Crippen LogP contribution in [0.15, 0.2) is 11.8 Å². The van der Waals surface area contributed by atoms with Gasteiger partial charge in [-0.2, -0.15) is 0 Å². The van der Waals surface area contributed by atoms with Gasteiger partial charge in [0, 0.05) is 19.5 Å². The Morgan fingerprint density at radius 2 is 2.23 bits per heavy atom. The van der Waals surface area contributed by atoms with Crippen molar-refractivity contribution in [2.45, 2.75) is 20.3 Å². The number of nitrogens with zero attached hydrogens (tertiary/aromatic N) is 1. The van der Waals surface area contributed by atoms with Crippen molar-refractivity contribution in [1.82, 2.24) is 4.90 Å². The molecular weight excluding hydrogens is 166 g/mol. The maximum Gasteiger partial charge on any atom is 0.253 e. The summed E-state index contributed by atoms with van der Waals surface area (Å²) in [5.41, 5.74) is 1.14. The zero-order valence-corrected chi connectivity index (χ0v) is 8.17. The van der Waals surface area contributed by atoms with Gasteiger partial charge in [-0.15, -0.1) is 0 Å². The van der Waals surface area contributed by atoms with E-state index in [0.29, 0.717) is 12.0 Å². The monoisotopic (exact) mass is 181 g/mol. The molecule has 2 rings (SSSR count). The van der Waals surface area contributed by atoms with Gasteiger partial charge in [-0.3, -0.25) is 4.79 Å². The molecule has 0 spiro atoms. The van der Waals surface area contributed by atoms with Gasteiger partial charge in [-0.05, 0) is 5.41 Å². The summed E-state index contributed by atoms with van der Waals surface area (Å²) in [5.74, 6) is 0.164. The molecule has 3 heteroatoms. The number of amides is 1. The van der Waals surface area contributed by atoms with E-state index in [4.69, 9.17) is 4.74 Å². The normalized spacial score (nSPS) is 24.8. The van der Waals surface area contributed by atoms with Crippen LogP contribution in [0.4, 0.5) is 0 Å². The van der Waals surface area contributed by atoms with Crippen LogP contribution in [0.25, 0.3) is 0 Å². The molecule has 0 aromatic rings. The highest BCUT2D eigenvalue weighted by molar-refractivity contribution is 5.94. The highest BCUT2D eigenvalue weighted by Gasteiger charge is 2.38. The van der Waals surface area contributed by atoms with Gasteiger partial charge in [0.1, 0.15) is 0 Å². The topological polar surface area (TPSA) is 29.5 Å². The predicted octanol–water partition coefficient (Wildman–Crippen LogP) is 1.16. The van der Waals surface area contributed by atoms with Crippen LogP contribution in [-0.4, -0.2) is 30.5 Å². The summed E-state index contributed by atoms with van der Waals surface area (Å²) in [5, 5.41) is 0. The van der Waals surface area contributed by atoms with Crippen molar-refractivity contribution in [2.75, 3.05) is 19.7 Å². The number of hydrogen-bond acceptors (Lipinski definition) is 2. The van der Waals surface area contributed by atoms with Crippen LogP contribution >= 0.6 is 0 Å². The average Bonchev–Trinajstić information content (AvgIpc) is 2.50. The average molecular weight is 181 g/mol. The summed E-state index contributed by atoms with van der Waals surface area (Å²) in [6.07, 6.45) is 2.38. The first-order valence-electron chi connectivity index (χ1n) is 4.68. The molecule has 0 saturated carbocycles. The van der Waals surface area contributed by atoms with Crippen LogP contribution in [-0.2, 0) is 9.53 Å². The first-order chi connectivity index (χ1) is 6.08. The molecule has 0 unspecified atom stereocenters. The third-order valence-electron chi connectivity index (χ3n) is 2.51. The van der Waals surface area contributed by atoms with Crippen molar-refractivity contribution < 1.29 is 9.53 Å². The van der Waals surface area contributed by atoms with Crippen molar-refractivity contribution in [3.05, 3.63) is 11.8 Å². The molecule has 1 amide bonds. The molecule has 2 heterocycles. The van der Waals surface area contributed by atoms with Crippen molar-refractivity contribution in [3.63, 3.8) is 0 Å². The zero-order valence-electron chi connectivity index (χ0n) is 8.17. The second-order valence-electron chi connectivity index (χ2n) is 4.59. The molecule has 0 aromatic heterocycles. The van der Waals surface area contributed by atoms with E-state index in [0.717, 1.165) is 25.1 Å². The fraction of sp³-hybridized carbons (Fsp3) is 0.700. The minimum Gasteiger partial charge on any atom is -0.500 e. The smallest absolute Gasteiger partial charge is 0.253 e. The summed E-state index contributed by atoms with van der Waals surface area (Å²) in [4.78, 5) is 13.6. The quantitative estimate of drug-likeness (QED) is 0.607. The summed E-state index contributed by atoms with van der Waals surface area (Å²) in [7, 11) is 0. The molecule has 0 aliphatic carbocycles. The van der Waals surface area contributed by atoms with Gasteiger partial charge in [0.2, 0.25) is 0 Å². The first-order valence-corrected chi connectivity index (χ1v) is 4.68. The lowest BCUT2D eigenvalue weighted by Crippen LogP contribution is -2.55. The predicted molar refractivity (Wildman–Crippen MR) is 49.0 cm³/mol.